The summed E-state index contributed by atoms with van der Waals surface area (Å²) in [5.41, 5.74) is 0.518. The summed E-state index contributed by atoms with van der Waals surface area (Å²) in [5.74, 6) is 0.619. The van der Waals surface area contributed by atoms with Crippen molar-refractivity contribution in [2.45, 2.75) is 19.3 Å². The highest BCUT2D eigenvalue weighted by Gasteiger charge is 2.32. The maximum atomic E-state index is 11.2. The molecule has 0 aromatic carbocycles. The number of carbonyl (C=O) groups is 1. The molecular weight excluding hydrogens is 218 g/mol. The molecule has 1 atom stereocenters. The van der Waals surface area contributed by atoms with E-state index in [-0.39, 0.29) is 23.2 Å². The van der Waals surface area contributed by atoms with Crippen molar-refractivity contribution in [1.82, 2.24) is 4.98 Å². The lowest BCUT2D eigenvalue weighted by molar-refractivity contribution is 0.109. The van der Waals surface area contributed by atoms with E-state index < -0.39 is 9.84 Å². The molecule has 1 aliphatic rings. The van der Waals surface area contributed by atoms with Crippen LogP contribution in [0.1, 0.15) is 34.5 Å². The van der Waals surface area contributed by atoms with Crippen LogP contribution in [-0.4, -0.2) is 31.2 Å². The zero-order valence-corrected chi connectivity index (χ0v) is 9.08. The SMILES string of the molecule is Cc1nc(C2CCS(=O)(=O)C2)oc1C=O. The second-order valence-electron chi connectivity index (χ2n) is 3.72. The highest BCUT2D eigenvalue weighted by molar-refractivity contribution is 7.91. The van der Waals surface area contributed by atoms with Crippen molar-refractivity contribution in [3.05, 3.63) is 17.3 Å². The Balaban J connectivity index is 2.28. The van der Waals surface area contributed by atoms with Gasteiger partial charge in [-0.05, 0) is 13.3 Å². The molecule has 82 valence electrons. The molecular formula is C9H11NO4S. The van der Waals surface area contributed by atoms with E-state index in [9.17, 15) is 13.2 Å². The number of nitrogens with zero attached hydrogens (tertiary/aromatic N) is 1. The minimum Gasteiger partial charge on any atom is -0.437 e. The first-order valence-electron chi connectivity index (χ1n) is 4.65. The number of hydrogen-bond acceptors (Lipinski definition) is 5. The van der Waals surface area contributed by atoms with Gasteiger partial charge in [0.1, 0.15) is 0 Å². The van der Waals surface area contributed by atoms with E-state index in [2.05, 4.69) is 4.98 Å². The number of aromatic nitrogens is 1. The molecule has 0 N–H and O–H groups in total. The molecule has 0 saturated carbocycles. The highest BCUT2D eigenvalue weighted by Crippen LogP contribution is 2.28. The van der Waals surface area contributed by atoms with Crippen molar-refractivity contribution in [1.29, 1.82) is 0 Å². The largest absolute Gasteiger partial charge is 0.437 e. The molecule has 6 heteroatoms. The van der Waals surface area contributed by atoms with E-state index in [1.807, 2.05) is 0 Å². The number of sulfone groups is 1. The van der Waals surface area contributed by atoms with Crippen LogP contribution in [0.3, 0.4) is 0 Å². The van der Waals surface area contributed by atoms with Crippen LogP contribution in [0.15, 0.2) is 4.42 Å². The van der Waals surface area contributed by atoms with E-state index in [4.69, 9.17) is 4.42 Å². The Hall–Kier alpha value is -1.17. The molecule has 1 unspecified atom stereocenters. The topological polar surface area (TPSA) is 77.2 Å². The Morgan fingerprint density at radius 3 is 2.73 bits per heavy atom. The van der Waals surface area contributed by atoms with Crippen LogP contribution in [-0.2, 0) is 9.84 Å². The van der Waals surface area contributed by atoms with Crippen LogP contribution in [0.25, 0.3) is 0 Å². The Morgan fingerprint density at radius 2 is 2.27 bits per heavy atom. The molecule has 0 amide bonds. The quantitative estimate of drug-likeness (QED) is 0.697. The van der Waals surface area contributed by atoms with Gasteiger partial charge in [-0.15, -0.1) is 0 Å². The summed E-state index contributed by atoms with van der Waals surface area (Å²) in [7, 11) is -2.94. The maximum absolute atomic E-state index is 11.2. The van der Waals surface area contributed by atoms with Gasteiger partial charge >= 0.3 is 0 Å². The van der Waals surface area contributed by atoms with Crippen LogP contribution in [0.2, 0.25) is 0 Å². The van der Waals surface area contributed by atoms with Crippen LogP contribution in [0, 0.1) is 6.92 Å². The molecule has 1 aromatic heterocycles. The summed E-state index contributed by atoms with van der Waals surface area (Å²) in [5, 5.41) is 0. The lowest BCUT2D eigenvalue weighted by Crippen LogP contribution is -2.03. The number of rotatable bonds is 2. The third-order valence-electron chi connectivity index (χ3n) is 2.54. The molecule has 0 bridgehead atoms. The van der Waals surface area contributed by atoms with E-state index >= 15 is 0 Å². The molecule has 0 spiro atoms. The third kappa shape index (κ3) is 1.94. The molecule has 2 heterocycles. The van der Waals surface area contributed by atoms with Gasteiger partial charge in [-0.2, -0.15) is 0 Å². The predicted octanol–water partition coefficient (Wildman–Crippen LogP) is 0.698. The van der Waals surface area contributed by atoms with Gasteiger partial charge in [-0.25, -0.2) is 13.4 Å². The zero-order chi connectivity index (χ0) is 11.1. The molecule has 1 fully saturated rings. The molecule has 5 nitrogen and oxygen atoms in total. The molecule has 1 aliphatic heterocycles. The average molecular weight is 229 g/mol. The summed E-state index contributed by atoms with van der Waals surface area (Å²) in [6, 6.07) is 0. The molecule has 15 heavy (non-hydrogen) atoms. The first-order valence-corrected chi connectivity index (χ1v) is 6.47. The van der Waals surface area contributed by atoms with Gasteiger partial charge in [0, 0.05) is 0 Å². The first kappa shape index (κ1) is 10.4. The minimum atomic E-state index is -2.94. The van der Waals surface area contributed by atoms with Crippen molar-refractivity contribution >= 4 is 16.1 Å². The van der Waals surface area contributed by atoms with Crippen LogP contribution in [0.5, 0.6) is 0 Å². The Morgan fingerprint density at radius 1 is 1.53 bits per heavy atom. The fourth-order valence-corrected chi connectivity index (χ4v) is 3.44. The lowest BCUT2D eigenvalue weighted by Gasteiger charge is -1.99. The summed E-state index contributed by atoms with van der Waals surface area (Å²) < 4.78 is 27.7. The van der Waals surface area contributed by atoms with Crippen molar-refractivity contribution in [3.8, 4) is 0 Å². The molecule has 0 radical (unpaired) electrons. The third-order valence-corrected chi connectivity index (χ3v) is 4.31. The van der Waals surface area contributed by atoms with Crippen LogP contribution < -0.4 is 0 Å². The Kier molecular flexibility index (Phi) is 2.38. The van der Waals surface area contributed by atoms with Crippen molar-refractivity contribution in [2.75, 3.05) is 11.5 Å². The fourth-order valence-electron chi connectivity index (χ4n) is 1.70. The molecule has 2 rings (SSSR count). The second-order valence-corrected chi connectivity index (χ2v) is 5.95. The average Bonchev–Trinajstić information content (AvgIpc) is 2.69. The molecule has 0 aliphatic carbocycles. The van der Waals surface area contributed by atoms with Gasteiger partial charge in [0.15, 0.2) is 27.8 Å². The summed E-state index contributed by atoms with van der Waals surface area (Å²) >= 11 is 0. The standard InChI is InChI=1S/C9H11NO4S/c1-6-8(4-11)14-9(10-6)7-2-3-15(12,13)5-7/h4,7H,2-3,5H2,1H3. The predicted molar refractivity (Wildman–Crippen MR) is 52.6 cm³/mol. The zero-order valence-electron chi connectivity index (χ0n) is 8.26. The van der Waals surface area contributed by atoms with E-state index in [0.717, 1.165) is 0 Å². The summed E-state index contributed by atoms with van der Waals surface area (Å²) in [4.78, 5) is 14.6. The number of aldehydes is 1. The lowest BCUT2D eigenvalue weighted by atomic mass is 10.1. The van der Waals surface area contributed by atoms with Crippen molar-refractivity contribution < 1.29 is 17.6 Å². The first-order chi connectivity index (χ1) is 7.02. The van der Waals surface area contributed by atoms with Gasteiger partial charge in [0.25, 0.3) is 0 Å². The number of oxazole rings is 1. The van der Waals surface area contributed by atoms with Gasteiger partial charge in [-0.3, -0.25) is 4.79 Å². The molecule has 1 saturated heterocycles. The van der Waals surface area contributed by atoms with E-state index in [0.29, 0.717) is 24.3 Å². The summed E-state index contributed by atoms with van der Waals surface area (Å²) in [6.07, 6.45) is 1.12. The number of hydrogen-bond donors (Lipinski definition) is 0. The minimum absolute atomic E-state index is 0.0747. The van der Waals surface area contributed by atoms with Crippen molar-refractivity contribution in [2.24, 2.45) is 0 Å². The smallest absolute Gasteiger partial charge is 0.199 e. The maximum Gasteiger partial charge on any atom is 0.199 e. The van der Waals surface area contributed by atoms with E-state index in [1.54, 1.807) is 6.92 Å². The van der Waals surface area contributed by atoms with E-state index in [1.165, 1.54) is 0 Å². The monoisotopic (exact) mass is 229 g/mol. The summed E-state index contributed by atoms with van der Waals surface area (Å²) in [6.45, 7) is 1.67. The van der Waals surface area contributed by atoms with Crippen LogP contribution in [0.4, 0.5) is 0 Å². The number of carbonyl (C=O) groups excluding carboxylic acids is 1. The Labute approximate surface area is 87.4 Å². The van der Waals surface area contributed by atoms with Crippen molar-refractivity contribution in [3.63, 3.8) is 0 Å². The number of aryl methyl sites for hydroxylation is 1. The Bertz CT molecular complexity index is 488. The molecule has 1 aromatic rings. The highest BCUT2D eigenvalue weighted by atomic mass is 32.2. The fraction of sp³-hybridized carbons (Fsp3) is 0.556. The van der Waals surface area contributed by atoms with Gasteiger partial charge < -0.3 is 4.42 Å². The van der Waals surface area contributed by atoms with Gasteiger partial charge in [0.2, 0.25) is 0 Å². The van der Waals surface area contributed by atoms with Gasteiger partial charge in [0.05, 0.1) is 23.1 Å². The van der Waals surface area contributed by atoms with Crippen LogP contribution >= 0.6 is 0 Å². The normalized spacial score (nSPS) is 24.2. The van der Waals surface area contributed by atoms with Gasteiger partial charge in [-0.1, -0.05) is 0 Å². The second kappa shape index (κ2) is 3.44.